The van der Waals surface area contributed by atoms with Crippen LogP contribution in [0.4, 0.5) is 4.39 Å². The van der Waals surface area contributed by atoms with E-state index in [1.165, 1.54) is 0 Å². The zero-order valence-electron chi connectivity index (χ0n) is 12.7. The lowest BCUT2D eigenvalue weighted by Gasteiger charge is -2.34. The molecule has 0 atom stereocenters. The predicted octanol–water partition coefficient (Wildman–Crippen LogP) is 2.56. The second kappa shape index (κ2) is 7.40. The fourth-order valence-electron chi connectivity index (χ4n) is 3.01. The Morgan fingerprint density at radius 2 is 1.86 bits per heavy atom. The minimum Gasteiger partial charge on any atom is -0.489 e. The number of hydrogen-bond donors (Lipinski definition) is 2. The Bertz CT molecular complexity index is 534. The molecule has 22 heavy (non-hydrogen) atoms. The third-order valence-electron chi connectivity index (χ3n) is 4.43. The van der Waals surface area contributed by atoms with Crippen LogP contribution in [0.25, 0.3) is 0 Å². The van der Waals surface area contributed by atoms with E-state index in [9.17, 15) is 9.18 Å². The first kappa shape index (κ1) is 16.5. The summed E-state index contributed by atoms with van der Waals surface area (Å²) in [5, 5.41) is 0. The summed E-state index contributed by atoms with van der Waals surface area (Å²) in [6, 6.07) is 7.35. The predicted molar refractivity (Wildman–Crippen MR) is 84.1 cm³/mol. The number of ether oxygens (including phenoxy) is 1. The molecule has 0 aliphatic heterocycles. The molecule has 4 N–H and O–H groups in total. The fourth-order valence-corrected chi connectivity index (χ4v) is 3.01. The van der Waals surface area contributed by atoms with Crippen molar-refractivity contribution in [1.29, 1.82) is 0 Å². The van der Waals surface area contributed by atoms with E-state index in [0.29, 0.717) is 17.7 Å². The summed E-state index contributed by atoms with van der Waals surface area (Å²) in [5.41, 5.74) is 11.8. The monoisotopic (exact) mass is 306 g/mol. The van der Waals surface area contributed by atoms with E-state index in [1.54, 1.807) is 12.1 Å². The Labute approximate surface area is 130 Å². The van der Waals surface area contributed by atoms with E-state index in [0.717, 1.165) is 37.7 Å². The van der Waals surface area contributed by atoms with Crippen molar-refractivity contribution >= 4 is 5.91 Å². The first-order chi connectivity index (χ1) is 10.6. The van der Waals surface area contributed by atoms with Crippen LogP contribution in [0.3, 0.4) is 0 Å². The molecule has 0 unspecified atom stereocenters. The molecule has 0 radical (unpaired) electrons. The second-order valence-corrected chi connectivity index (χ2v) is 5.79. The van der Waals surface area contributed by atoms with Gasteiger partial charge in [0.1, 0.15) is 12.4 Å². The van der Waals surface area contributed by atoms with Gasteiger partial charge in [0.25, 0.3) is 0 Å². The summed E-state index contributed by atoms with van der Waals surface area (Å²) < 4.78 is 17.9. The van der Waals surface area contributed by atoms with Crippen LogP contribution in [-0.4, -0.2) is 19.1 Å². The quantitative estimate of drug-likeness (QED) is 0.848. The molecule has 120 valence electrons. The molecule has 1 fully saturated rings. The lowest BCUT2D eigenvalue weighted by atomic mass is 9.69. The zero-order chi connectivity index (χ0) is 16.0. The molecule has 4 nitrogen and oxygen atoms in total. The average molecular weight is 306 g/mol. The Hall–Kier alpha value is -1.88. The Balaban J connectivity index is 2.11. The van der Waals surface area contributed by atoms with Crippen molar-refractivity contribution in [2.75, 3.05) is 13.2 Å². The molecule has 2 rings (SSSR count). The highest BCUT2D eigenvalue weighted by Gasteiger charge is 2.39. The summed E-state index contributed by atoms with van der Waals surface area (Å²) in [4.78, 5) is 12.0. The number of benzene rings is 1. The molecule has 1 saturated carbocycles. The topological polar surface area (TPSA) is 78.3 Å². The van der Waals surface area contributed by atoms with E-state index < -0.39 is 5.41 Å². The van der Waals surface area contributed by atoms with Crippen LogP contribution in [0.15, 0.2) is 36.2 Å². The summed E-state index contributed by atoms with van der Waals surface area (Å²) in [6.45, 7) is 0.243. The van der Waals surface area contributed by atoms with Crippen LogP contribution in [0, 0.1) is 0 Å². The molecule has 1 aliphatic carbocycles. The van der Waals surface area contributed by atoms with Crippen molar-refractivity contribution in [3.8, 4) is 5.75 Å². The molecule has 1 amide bonds. The number of halogens is 1. The van der Waals surface area contributed by atoms with Gasteiger partial charge in [-0.3, -0.25) is 4.79 Å². The molecule has 0 heterocycles. The van der Waals surface area contributed by atoms with Gasteiger partial charge in [-0.25, -0.2) is 4.39 Å². The number of primary amides is 1. The third-order valence-corrected chi connectivity index (χ3v) is 4.43. The first-order valence-corrected chi connectivity index (χ1v) is 7.64. The van der Waals surface area contributed by atoms with E-state index in [4.69, 9.17) is 16.2 Å². The molecule has 1 aliphatic rings. The van der Waals surface area contributed by atoms with Gasteiger partial charge < -0.3 is 16.2 Å². The molecule has 5 heteroatoms. The summed E-state index contributed by atoms with van der Waals surface area (Å²) in [5.74, 6) is 0.360. The van der Waals surface area contributed by atoms with Gasteiger partial charge in [-0.2, -0.15) is 0 Å². The summed E-state index contributed by atoms with van der Waals surface area (Å²) in [6.07, 6.45) is 5.24. The number of amides is 1. The molecule has 0 saturated heterocycles. The minimum atomic E-state index is -0.557. The number of carbonyl (C=O) groups is 1. The fraction of sp³-hybridized carbons (Fsp3) is 0.471. The third kappa shape index (κ3) is 3.47. The summed E-state index contributed by atoms with van der Waals surface area (Å²) in [7, 11) is 0. The molecule has 0 bridgehead atoms. The molecular weight excluding hydrogens is 283 g/mol. The van der Waals surface area contributed by atoms with Crippen LogP contribution >= 0.6 is 0 Å². The lowest BCUT2D eigenvalue weighted by molar-refractivity contribution is -0.124. The maximum Gasteiger partial charge on any atom is 0.228 e. The maximum atomic E-state index is 12.4. The minimum absolute atomic E-state index is 0.118. The van der Waals surface area contributed by atoms with Gasteiger partial charge >= 0.3 is 0 Å². The van der Waals surface area contributed by atoms with Crippen molar-refractivity contribution in [2.45, 2.75) is 37.5 Å². The van der Waals surface area contributed by atoms with Crippen LogP contribution in [0.2, 0.25) is 0 Å². The van der Waals surface area contributed by atoms with E-state index in [1.807, 2.05) is 12.1 Å². The van der Waals surface area contributed by atoms with Crippen LogP contribution in [0.1, 0.15) is 37.7 Å². The molecule has 0 aromatic heterocycles. The second-order valence-electron chi connectivity index (χ2n) is 5.79. The Morgan fingerprint density at radius 3 is 2.36 bits per heavy atom. The van der Waals surface area contributed by atoms with Crippen LogP contribution in [-0.2, 0) is 10.2 Å². The number of rotatable bonds is 6. The van der Waals surface area contributed by atoms with E-state index >= 15 is 0 Å². The van der Waals surface area contributed by atoms with Crippen LogP contribution in [0.5, 0.6) is 5.75 Å². The van der Waals surface area contributed by atoms with Crippen molar-refractivity contribution in [3.05, 3.63) is 41.7 Å². The molecule has 1 aromatic rings. The van der Waals surface area contributed by atoms with Crippen molar-refractivity contribution < 1.29 is 13.9 Å². The van der Waals surface area contributed by atoms with Gasteiger partial charge in [0.15, 0.2) is 0 Å². The normalized spacial score (nSPS) is 18.0. The van der Waals surface area contributed by atoms with Gasteiger partial charge in [-0.1, -0.05) is 31.4 Å². The Kier molecular flexibility index (Phi) is 5.55. The zero-order valence-corrected chi connectivity index (χ0v) is 12.7. The standard InChI is InChI=1S/C17H23FN2O2/c18-10-13(11-19)12-22-15-6-4-14(5-7-15)17(16(20)21)8-2-1-3-9-17/h4-7,10H,1-3,8-9,11-12,19H2,(H2,20,21)/b13-10+. The Morgan fingerprint density at radius 1 is 1.23 bits per heavy atom. The van der Waals surface area contributed by atoms with Crippen molar-refractivity contribution in [2.24, 2.45) is 11.5 Å². The van der Waals surface area contributed by atoms with E-state index in [2.05, 4.69) is 0 Å². The van der Waals surface area contributed by atoms with Gasteiger partial charge in [0.05, 0.1) is 11.7 Å². The lowest BCUT2D eigenvalue weighted by Crippen LogP contribution is -2.42. The highest BCUT2D eigenvalue weighted by molar-refractivity contribution is 5.86. The van der Waals surface area contributed by atoms with Gasteiger partial charge in [0, 0.05) is 12.1 Å². The SMILES string of the molecule is NC/C(=C\F)COc1ccc(C2(C(N)=O)CCCCC2)cc1. The van der Waals surface area contributed by atoms with Gasteiger partial charge in [0.2, 0.25) is 5.91 Å². The molecular formula is C17H23FN2O2. The largest absolute Gasteiger partial charge is 0.489 e. The first-order valence-electron chi connectivity index (χ1n) is 7.64. The molecule has 1 aromatic carbocycles. The molecule has 0 spiro atoms. The van der Waals surface area contributed by atoms with Crippen molar-refractivity contribution in [3.63, 3.8) is 0 Å². The smallest absolute Gasteiger partial charge is 0.228 e. The van der Waals surface area contributed by atoms with Crippen LogP contribution < -0.4 is 16.2 Å². The highest BCUT2D eigenvalue weighted by atomic mass is 19.1. The average Bonchev–Trinajstić information content (AvgIpc) is 2.57. The number of carbonyl (C=O) groups excluding carboxylic acids is 1. The number of hydrogen-bond acceptors (Lipinski definition) is 3. The van der Waals surface area contributed by atoms with E-state index in [-0.39, 0.29) is 19.1 Å². The number of nitrogens with two attached hydrogens (primary N) is 2. The van der Waals surface area contributed by atoms with Gasteiger partial charge in [-0.15, -0.1) is 0 Å². The maximum absolute atomic E-state index is 12.4. The highest BCUT2D eigenvalue weighted by Crippen LogP contribution is 2.39. The summed E-state index contributed by atoms with van der Waals surface area (Å²) >= 11 is 0. The van der Waals surface area contributed by atoms with Crippen molar-refractivity contribution in [1.82, 2.24) is 0 Å². The van der Waals surface area contributed by atoms with Gasteiger partial charge in [-0.05, 0) is 30.5 Å².